The van der Waals surface area contributed by atoms with Gasteiger partial charge in [-0.15, -0.1) is 0 Å². The number of nitrogens with one attached hydrogen (secondary N) is 1. The lowest BCUT2D eigenvalue weighted by atomic mass is 9.96. The van der Waals surface area contributed by atoms with E-state index in [1.165, 1.54) is 13.0 Å². The molecule has 0 bridgehead atoms. The second-order valence-corrected chi connectivity index (χ2v) is 6.40. The molecule has 1 atom stereocenters. The Morgan fingerprint density at radius 1 is 1.23 bits per heavy atom. The van der Waals surface area contributed by atoms with Crippen LogP contribution in [0.3, 0.4) is 0 Å². The van der Waals surface area contributed by atoms with Crippen molar-refractivity contribution in [3.8, 4) is 11.8 Å². The Bertz CT molecular complexity index is 666. The highest BCUT2D eigenvalue weighted by molar-refractivity contribution is 5.98. The van der Waals surface area contributed by atoms with Gasteiger partial charge in [0.1, 0.15) is 17.4 Å². The zero-order valence-corrected chi connectivity index (χ0v) is 16.1. The molecule has 1 aromatic rings. The van der Waals surface area contributed by atoms with Crippen LogP contribution in [0.4, 0.5) is 5.69 Å². The molecular weight excluding hydrogens is 332 g/mol. The van der Waals surface area contributed by atoms with Gasteiger partial charge in [0.25, 0.3) is 5.91 Å². The average molecular weight is 360 g/mol. The Labute approximate surface area is 155 Å². The minimum atomic E-state index is -0.952. The van der Waals surface area contributed by atoms with E-state index in [-0.39, 0.29) is 17.2 Å². The number of esters is 1. The summed E-state index contributed by atoms with van der Waals surface area (Å²) in [6.07, 6.45) is 4.40. The Morgan fingerprint density at radius 2 is 1.96 bits per heavy atom. The van der Waals surface area contributed by atoms with E-state index in [0.29, 0.717) is 18.7 Å². The molecule has 0 aromatic heterocycles. The summed E-state index contributed by atoms with van der Waals surface area (Å²) in [5.41, 5.74) is -0.356. The molecule has 1 amide bonds. The van der Waals surface area contributed by atoms with Crippen LogP contribution in [-0.2, 0) is 14.3 Å². The number of hydrogen-bond donors (Lipinski definition) is 1. The second-order valence-electron chi connectivity index (χ2n) is 6.40. The Kier molecular flexibility index (Phi) is 8.80. The number of benzene rings is 1. The monoisotopic (exact) mass is 360 g/mol. The highest BCUT2D eigenvalue weighted by Gasteiger charge is 2.34. The summed E-state index contributed by atoms with van der Waals surface area (Å²) >= 11 is 0. The molecule has 0 radical (unpaired) electrons. The first kappa shape index (κ1) is 21.7. The first-order valence-electron chi connectivity index (χ1n) is 9.04. The molecule has 0 aliphatic heterocycles. The lowest BCUT2D eigenvalue weighted by Crippen LogP contribution is -2.43. The second kappa shape index (κ2) is 10.6. The number of ether oxygens (including phenoxy) is 2. The minimum absolute atomic E-state index is 0.225. The first-order valence-corrected chi connectivity index (χ1v) is 9.04. The van der Waals surface area contributed by atoms with Crippen LogP contribution in [0, 0.1) is 11.3 Å². The summed E-state index contributed by atoms with van der Waals surface area (Å²) < 4.78 is 10.8. The van der Waals surface area contributed by atoms with Gasteiger partial charge < -0.3 is 14.8 Å². The third kappa shape index (κ3) is 6.49. The van der Waals surface area contributed by atoms with Crippen molar-refractivity contribution in [2.75, 3.05) is 11.9 Å². The van der Waals surface area contributed by atoms with Crippen LogP contribution in [-0.4, -0.2) is 24.1 Å². The summed E-state index contributed by atoms with van der Waals surface area (Å²) in [7, 11) is 0. The summed E-state index contributed by atoms with van der Waals surface area (Å²) in [6, 6.07) is 6.54. The van der Waals surface area contributed by atoms with Crippen molar-refractivity contribution in [1.82, 2.24) is 0 Å². The Morgan fingerprint density at radius 3 is 2.54 bits per heavy atom. The molecule has 0 aliphatic rings. The van der Waals surface area contributed by atoms with E-state index in [4.69, 9.17) is 9.47 Å². The fourth-order valence-corrected chi connectivity index (χ4v) is 2.50. The standard InChI is InChI=1S/C20H28N2O4/c1-5-7-8-11-20(4,25-12-6-2)19(24)22-18-10-9-17(26-15(3)23)13-16(18)14-21/h9-10,13H,5-8,11-12H2,1-4H3,(H,22,24)/t20-/m0/s1. The maximum absolute atomic E-state index is 12.8. The average Bonchev–Trinajstić information content (AvgIpc) is 2.60. The quantitative estimate of drug-likeness (QED) is 0.384. The van der Waals surface area contributed by atoms with Gasteiger partial charge >= 0.3 is 5.97 Å². The number of nitriles is 1. The van der Waals surface area contributed by atoms with Crippen LogP contribution in [0.1, 0.15) is 65.4 Å². The largest absolute Gasteiger partial charge is 0.427 e. The summed E-state index contributed by atoms with van der Waals surface area (Å²) in [5.74, 6) is -0.485. The molecule has 6 nitrogen and oxygen atoms in total. The molecule has 1 rings (SSSR count). The molecule has 6 heteroatoms. The van der Waals surface area contributed by atoms with Gasteiger partial charge in [-0.1, -0.05) is 33.1 Å². The maximum Gasteiger partial charge on any atom is 0.308 e. The first-order chi connectivity index (χ1) is 12.4. The Hall–Kier alpha value is -2.39. The number of amides is 1. The molecule has 26 heavy (non-hydrogen) atoms. The van der Waals surface area contributed by atoms with Gasteiger partial charge in [-0.25, -0.2) is 0 Å². The Balaban J connectivity index is 2.96. The highest BCUT2D eigenvalue weighted by Crippen LogP contribution is 2.26. The van der Waals surface area contributed by atoms with E-state index in [2.05, 4.69) is 12.2 Å². The molecule has 0 spiro atoms. The van der Waals surface area contributed by atoms with Crippen LogP contribution in [0.5, 0.6) is 5.75 Å². The van der Waals surface area contributed by atoms with Crippen LogP contribution < -0.4 is 10.1 Å². The number of unbranched alkanes of at least 4 members (excludes halogenated alkanes) is 2. The van der Waals surface area contributed by atoms with Gasteiger partial charge in [-0.3, -0.25) is 9.59 Å². The third-order valence-electron chi connectivity index (χ3n) is 3.98. The molecule has 142 valence electrons. The van der Waals surface area contributed by atoms with Crippen molar-refractivity contribution in [3.63, 3.8) is 0 Å². The van der Waals surface area contributed by atoms with Gasteiger partial charge in [0.05, 0.1) is 11.3 Å². The van der Waals surface area contributed by atoms with Gasteiger partial charge in [0.2, 0.25) is 0 Å². The van der Waals surface area contributed by atoms with Crippen molar-refractivity contribution in [2.24, 2.45) is 0 Å². The predicted octanol–water partition coefficient (Wildman–Crippen LogP) is 4.19. The van der Waals surface area contributed by atoms with E-state index < -0.39 is 11.6 Å². The number of anilines is 1. The van der Waals surface area contributed by atoms with Gasteiger partial charge in [-0.2, -0.15) is 5.26 Å². The number of carbonyl (C=O) groups excluding carboxylic acids is 2. The minimum Gasteiger partial charge on any atom is -0.427 e. The fourth-order valence-electron chi connectivity index (χ4n) is 2.50. The zero-order valence-electron chi connectivity index (χ0n) is 16.1. The molecule has 0 heterocycles. The van der Waals surface area contributed by atoms with E-state index in [1.807, 2.05) is 13.0 Å². The van der Waals surface area contributed by atoms with Crippen LogP contribution in [0.15, 0.2) is 18.2 Å². The number of hydrogen-bond acceptors (Lipinski definition) is 5. The van der Waals surface area contributed by atoms with E-state index >= 15 is 0 Å². The number of carbonyl (C=O) groups is 2. The topological polar surface area (TPSA) is 88.4 Å². The normalized spacial score (nSPS) is 12.7. The summed E-state index contributed by atoms with van der Waals surface area (Å²) in [6.45, 7) is 7.66. The van der Waals surface area contributed by atoms with Gasteiger partial charge in [-0.05, 0) is 31.9 Å². The van der Waals surface area contributed by atoms with Crippen molar-refractivity contribution in [1.29, 1.82) is 5.26 Å². The molecule has 0 saturated heterocycles. The van der Waals surface area contributed by atoms with E-state index in [0.717, 1.165) is 25.7 Å². The molecule has 1 aromatic carbocycles. The van der Waals surface area contributed by atoms with Gasteiger partial charge in [0.15, 0.2) is 0 Å². The summed E-state index contributed by atoms with van der Waals surface area (Å²) in [4.78, 5) is 23.9. The van der Waals surface area contributed by atoms with Crippen LogP contribution in [0.25, 0.3) is 0 Å². The molecule has 1 N–H and O–H groups in total. The van der Waals surface area contributed by atoms with Crippen molar-refractivity contribution in [2.45, 2.75) is 65.4 Å². The lowest BCUT2D eigenvalue weighted by molar-refractivity contribution is -0.140. The van der Waals surface area contributed by atoms with Gasteiger partial charge in [0, 0.05) is 19.6 Å². The fraction of sp³-hybridized carbons (Fsp3) is 0.550. The molecule has 0 unspecified atom stereocenters. The number of rotatable bonds is 10. The van der Waals surface area contributed by atoms with Crippen molar-refractivity contribution >= 4 is 17.6 Å². The molecule has 0 saturated carbocycles. The predicted molar refractivity (Wildman–Crippen MR) is 99.9 cm³/mol. The third-order valence-corrected chi connectivity index (χ3v) is 3.98. The molecule has 0 fully saturated rings. The van der Waals surface area contributed by atoms with Crippen molar-refractivity contribution in [3.05, 3.63) is 23.8 Å². The van der Waals surface area contributed by atoms with E-state index in [9.17, 15) is 14.9 Å². The maximum atomic E-state index is 12.8. The molecular formula is C20H28N2O4. The van der Waals surface area contributed by atoms with Crippen molar-refractivity contribution < 1.29 is 19.1 Å². The number of nitrogens with zero attached hydrogens (tertiary/aromatic N) is 1. The lowest BCUT2D eigenvalue weighted by Gasteiger charge is -2.29. The summed E-state index contributed by atoms with van der Waals surface area (Å²) in [5, 5.41) is 12.1. The smallest absolute Gasteiger partial charge is 0.308 e. The zero-order chi connectivity index (χ0) is 19.6. The van der Waals surface area contributed by atoms with Crippen LogP contribution in [0.2, 0.25) is 0 Å². The SMILES string of the molecule is CCCCC[C@](C)(OCCC)C(=O)Nc1ccc(OC(C)=O)cc1C#N. The van der Waals surface area contributed by atoms with Crippen LogP contribution >= 0.6 is 0 Å². The molecule has 0 aliphatic carbocycles. The highest BCUT2D eigenvalue weighted by atomic mass is 16.5. The van der Waals surface area contributed by atoms with E-state index in [1.54, 1.807) is 19.1 Å².